The largest absolute Gasteiger partial charge is 3.00 e. The summed E-state index contributed by atoms with van der Waals surface area (Å²) in [7, 11) is 1.97. The molecule has 39 heavy (non-hydrogen) atoms. The van der Waals surface area contributed by atoms with Crippen LogP contribution in [0.2, 0.25) is 0 Å². The molecule has 0 spiro atoms. The molecule has 5 heteroatoms. The molecular weight excluding hydrogens is 657 g/mol. The molecule has 0 N–H and O–H groups in total. The SMILES string of the molecule is C[n+]1[c-]n(-c2[c-]cc3c(c2)c2cccc4c5ccccc5n3c24)cc1.Cc1ccc(-c2[c-]cccc2)nc1.[Ir+3]. The smallest absolute Gasteiger partial charge is 0.363 e. The van der Waals surface area contributed by atoms with Crippen molar-refractivity contribution in [3.8, 4) is 16.9 Å². The molecule has 0 aliphatic carbocycles. The molecule has 0 radical (unpaired) electrons. The Labute approximate surface area is 240 Å². The molecule has 0 saturated heterocycles. The second-order valence-electron chi connectivity index (χ2n) is 9.55. The molecule has 0 saturated carbocycles. The van der Waals surface area contributed by atoms with Crippen LogP contribution < -0.4 is 4.57 Å². The van der Waals surface area contributed by atoms with Crippen molar-refractivity contribution in [2.75, 3.05) is 0 Å². The maximum Gasteiger partial charge on any atom is 3.00 e. The Hall–Kier alpha value is -4.31. The summed E-state index contributed by atoms with van der Waals surface area (Å²) in [5.41, 5.74) is 7.96. The number of hydrogen-bond acceptors (Lipinski definition) is 1. The summed E-state index contributed by atoms with van der Waals surface area (Å²) in [5.74, 6) is 0. The van der Waals surface area contributed by atoms with Crippen molar-refractivity contribution in [3.63, 3.8) is 0 Å². The van der Waals surface area contributed by atoms with Crippen LogP contribution in [0.3, 0.4) is 0 Å². The zero-order valence-corrected chi connectivity index (χ0v) is 23.9. The van der Waals surface area contributed by atoms with E-state index in [9.17, 15) is 0 Å². The molecule has 0 aliphatic rings. The average Bonchev–Trinajstić information content (AvgIpc) is 3.65. The van der Waals surface area contributed by atoms with Gasteiger partial charge in [-0.1, -0.05) is 59.7 Å². The summed E-state index contributed by atoms with van der Waals surface area (Å²) < 4.78 is 6.26. The van der Waals surface area contributed by atoms with Crippen molar-refractivity contribution in [1.29, 1.82) is 0 Å². The van der Waals surface area contributed by atoms with Crippen LogP contribution in [-0.2, 0) is 27.2 Å². The fraction of sp³-hybridized carbons (Fsp3) is 0.0588. The number of hydrogen-bond donors (Lipinski definition) is 0. The molecule has 4 nitrogen and oxygen atoms in total. The molecule has 4 heterocycles. The monoisotopic (exact) mass is 681 g/mol. The zero-order chi connectivity index (χ0) is 25.6. The predicted octanol–water partition coefficient (Wildman–Crippen LogP) is 6.91. The Morgan fingerprint density at radius 1 is 0.795 bits per heavy atom. The van der Waals surface area contributed by atoms with Crippen molar-refractivity contribution in [2.24, 2.45) is 7.05 Å². The average molecular weight is 681 g/mol. The summed E-state index contributed by atoms with van der Waals surface area (Å²) in [6.45, 7) is 2.03. The molecule has 8 aromatic rings. The minimum absolute atomic E-state index is 0. The van der Waals surface area contributed by atoms with Gasteiger partial charge in [0.1, 0.15) is 0 Å². The van der Waals surface area contributed by atoms with Gasteiger partial charge in [-0.2, -0.15) is 18.2 Å². The van der Waals surface area contributed by atoms with Gasteiger partial charge in [-0.05, 0) is 29.6 Å². The predicted molar refractivity (Wildman–Crippen MR) is 153 cm³/mol. The summed E-state index contributed by atoms with van der Waals surface area (Å²) >= 11 is 0. The minimum atomic E-state index is 0. The first-order valence-electron chi connectivity index (χ1n) is 12.6. The Bertz CT molecular complexity index is 2040. The quantitative estimate of drug-likeness (QED) is 0.144. The maximum atomic E-state index is 4.32. The van der Waals surface area contributed by atoms with Crippen LogP contribution >= 0.6 is 0 Å². The van der Waals surface area contributed by atoms with Crippen molar-refractivity contribution in [1.82, 2.24) is 14.0 Å². The Balaban J connectivity index is 0.000000169. The van der Waals surface area contributed by atoms with Crippen molar-refractivity contribution in [3.05, 3.63) is 134 Å². The number of fused-ring (bicyclic) bond motifs is 6. The van der Waals surface area contributed by atoms with E-state index >= 15 is 0 Å². The van der Waals surface area contributed by atoms with Crippen molar-refractivity contribution >= 4 is 38.1 Å². The van der Waals surface area contributed by atoms with Crippen LogP contribution in [0.4, 0.5) is 0 Å². The van der Waals surface area contributed by atoms with E-state index < -0.39 is 0 Å². The number of para-hydroxylation sites is 2. The Morgan fingerprint density at radius 2 is 1.59 bits per heavy atom. The second kappa shape index (κ2) is 10.1. The number of imidazole rings is 1. The van der Waals surface area contributed by atoms with Crippen molar-refractivity contribution < 1.29 is 24.7 Å². The Kier molecular flexibility index (Phi) is 6.48. The molecule has 0 unspecified atom stereocenters. The van der Waals surface area contributed by atoms with Crippen molar-refractivity contribution in [2.45, 2.75) is 6.92 Å². The van der Waals surface area contributed by atoms with E-state index in [0.29, 0.717) is 0 Å². The van der Waals surface area contributed by atoms with Gasteiger partial charge in [0.05, 0.1) is 7.05 Å². The van der Waals surface area contributed by atoms with Crippen LogP contribution in [0, 0.1) is 25.4 Å². The maximum absolute atomic E-state index is 4.32. The van der Waals surface area contributed by atoms with E-state index in [-0.39, 0.29) is 20.1 Å². The number of aromatic nitrogens is 4. The molecule has 4 aromatic carbocycles. The second-order valence-corrected chi connectivity index (χ2v) is 9.55. The van der Waals surface area contributed by atoms with Gasteiger partial charge in [-0.3, -0.25) is 0 Å². The number of benzene rings is 4. The topological polar surface area (TPSA) is 26.1 Å². The van der Waals surface area contributed by atoms with Gasteiger partial charge < -0.3 is 18.5 Å². The fourth-order valence-electron chi connectivity index (χ4n) is 5.22. The van der Waals surface area contributed by atoms with E-state index in [2.05, 4.69) is 88.5 Å². The van der Waals surface area contributed by atoms with E-state index in [1.54, 1.807) is 0 Å². The molecule has 0 fully saturated rings. The number of rotatable bonds is 2. The minimum Gasteiger partial charge on any atom is -0.363 e. The number of pyridine rings is 1. The van der Waals surface area contributed by atoms with Gasteiger partial charge in [0.15, 0.2) is 0 Å². The van der Waals surface area contributed by atoms with Gasteiger partial charge in [0, 0.05) is 40.4 Å². The van der Waals surface area contributed by atoms with Crippen LogP contribution in [0.1, 0.15) is 5.56 Å². The van der Waals surface area contributed by atoms with E-state index in [4.69, 9.17) is 0 Å². The molecule has 188 valence electrons. The van der Waals surface area contributed by atoms with Gasteiger partial charge in [-0.25, -0.2) is 0 Å². The van der Waals surface area contributed by atoms with Gasteiger partial charge >= 0.3 is 20.1 Å². The third kappa shape index (κ3) is 4.30. The summed E-state index contributed by atoms with van der Waals surface area (Å²) in [4.78, 5) is 4.32. The molecule has 0 atom stereocenters. The molecule has 4 aromatic heterocycles. The number of nitrogens with zero attached hydrogens (tertiary/aromatic N) is 4. The van der Waals surface area contributed by atoms with Crippen LogP contribution in [0.5, 0.6) is 0 Å². The van der Waals surface area contributed by atoms with E-state index in [1.165, 1.54) is 43.7 Å². The van der Waals surface area contributed by atoms with E-state index in [1.807, 2.05) is 72.0 Å². The first kappa shape index (κ1) is 25.0. The standard InChI is InChI=1S/C22H14N3.C12H10N.Ir/c1-23-11-12-24(14-23)15-9-10-21-19(13-15)18-7-4-6-17-16-5-2-3-8-20(16)25(21)22(17)18;1-10-7-8-12(13-9-10)11-5-3-2-4-6-11;/h2-8,10-13H,1H3;2-5,7-9H,1H3;/q2*-1;+3. The third-order valence-corrected chi connectivity index (χ3v) is 7.00. The van der Waals surface area contributed by atoms with Gasteiger partial charge in [0.25, 0.3) is 0 Å². The number of aryl methyl sites for hydroxylation is 2. The van der Waals surface area contributed by atoms with Crippen LogP contribution in [0.25, 0.3) is 55.0 Å². The molecule has 0 aliphatic heterocycles. The molecule has 0 bridgehead atoms. The molecule has 8 rings (SSSR count). The van der Waals surface area contributed by atoms with E-state index in [0.717, 1.165) is 16.9 Å². The molecule has 0 amide bonds. The third-order valence-electron chi connectivity index (χ3n) is 7.00. The van der Waals surface area contributed by atoms with Crippen LogP contribution in [-0.4, -0.2) is 14.0 Å². The van der Waals surface area contributed by atoms with Gasteiger partial charge in [-0.15, -0.1) is 41.3 Å². The Morgan fingerprint density at radius 3 is 2.33 bits per heavy atom. The normalized spacial score (nSPS) is 11.1. The first-order valence-corrected chi connectivity index (χ1v) is 12.6. The molecular formula is C34H24IrN4+. The summed E-state index contributed by atoms with van der Waals surface area (Å²) in [5, 5.41) is 5.16. The van der Waals surface area contributed by atoms with Crippen LogP contribution in [0.15, 0.2) is 110 Å². The fourth-order valence-corrected chi connectivity index (χ4v) is 5.22. The first-order chi connectivity index (χ1) is 18.7. The summed E-state index contributed by atoms with van der Waals surface area (Å²) in [6, 6.07) is 38.0. The zero-order valence-electron chi connectivity index (χ0n) is 21.5. The summed E-state index contributed by atoms with van der Waals surface area (Å²) in [6.07, 6.45) is 9.11. The van der Waals surface area contributed by atoms with Gasteiger partial charge in [0.2, 0.25) is 6.33 Å².